The predicted molar refractivity (Wildman–Crippen MR) is 137 cm³/mol. The third-order valence-corrected chi connectivity index (χ3v) is 6.14. The molecule has 1 heterocycles. The quantitative estimate of drug-likeness (QED) is 0.339. The fourth-order valence-corrected chi connectivity index (χ4v) is 4.61. The van der Waals surface area contributed by atoms with E-state index >= 15 is 0 Å². The van der Waals surface area contributed by atoms with E-state index in [-0.39, 0.29) is 17.6 Å². The van der Waals surface area contributed by atoms with Gasteiger partial charge in [0.05, 0.1) is 11.8 Å². The predicted octanol–water partition coefficient (Wildman–Crippen LogP) is 6.09. The summed E-state index contributed by atoms with van der Waals surface area (Å²) in [5.74, 6) is -0.104. The maximum absolute atomic E-state index is 13.8. The van der Waals surface area contributed by atoms with Gasteiger partial charge in [0.1, 0.15) is 5.82 Å². The number of carbonyl (C=O) groups is 1. The van der Waals surface area contributed by atoms with E-state index in [2.05, 4.69) is 42.4 Å². The van der Waals surface area contributed by atoms with Crippen LogP contribution in [0.1, 0.15) is 50.3 Å². The maximum Gasteiger partial charge on any atom is 0.220 e. The van der Waals surface area contributed by atoms with Gasteiger partial charge in [-0.2, -0.15) is 0 Å². The van der Waals surface area contributed by atoms with Gasteiger partial charge < -0.3 is 15.0 Å². The van der Waals surface area contributed by atoms with E-state index in [1.165, 1.54) is 12.1 Å². The van der Waals surface area contributed by atoms with Gasteiger partial charge in [0.15, 0.2) is 0 Å². The van der Waals surface area contributed by atoms with E-state index < -0.39 is 6.10 Å². The van der Waals surface area contributed by atoms with Crippen LogP contribution >= 0.6 is 0 Å². The normalized spacial score (nSPS) is 12.1. The van der Waals surface area contributed by atoms with Crippen molar-refractivity contribution in [1.29, 1.82) is 0 Å². The third-order valence-electron chi connectivity index (χ3n) is 6.14. The topological polar surface area (TPSA) is 54.3 Å². The molecule has 0 fully saturated rings. The Bertz CT molecular complexity index is 1100. The number of amides is 1. The molecule has 180 valence electrons. The van der Waals surface area contributed by atoms with Crippen molar-refractivity contribution >= 4 is 5.91 Å². The Balaban J connectivity index is 2.29. The summed E-state index contributed by atoms with van der Waals surface area (Å²) < 4.78 is 16.1. The van der Waals surface area contributed by atoms with Gasteiger partial charge in [0.2, 0.25) is 5.91 Å². The van der Waals surface area contributed by atoms with Crippen molar-refractivity contribution in [3.63, 3.8) is 0 Å². The number of halogens is 1. The zero-order valence-corrected chi connectivity index (χ0v) is 20.4. The van der Waals surface area contributed by atoms with E-state index in [4.69, 9.17) is 0 Å². The number of nitrogens with zero attached hydrogens (tertiary/aromatic N) is 1. The molecule has 3 aromatic rings. The van der Waals surface area contributed by atoms with Crippen molar-refractivity contribution in [2.45, 2.75) is 58.1 Å². The average Bonchev–Trinajstić information content (AvgIpc) is 3.16. The molecular weight excluding hydrogens is 427 g/mol. The van der Waals surface area contributed by atoms with Crippen molar-refractivity contribution in [3.05, 3.63) is 84.3 Å². The van der Waals surface area contributed by atoms with Crippen molar-refractivity contribution in [2.24, 2.45) is 0 Å². The number of hydrogen-bond donors (Lipinski definition) is 2. The molecule has 0 radical (unpaired) electrons. The number of benzene rings is 2. The van der Waals surface area contributed by atoms with Crippen molar-refractivity contribution in [1.82, 2.24) is 9.88 Å². The lowest BCUT2D eigenvalue weighted by molar-refractivity contribution is -0.120. The first kappa shape index (κ1) is 25.4. The first-order valence-corrected chi connectivity index (χ1v) is 11.9. The zero-order chi connectivity index (χ0) is 24.7. The van der Waals surface area contributed by atoms with Crippen LogP contribution in [-0.4, -0.2) is 28.7 Å². The van der Waals surface area contributed by atoms with Gasteiger partial charge in [-0.05, 0) is 66.1 Å². The van der Waals surface area contributed by atoms with E-state index in [1.54, 1.807) is 25.3 Å². The summed E-state index contributed by atoms with van der Waals surface area (Å²) in [5.41, 5.74) is 6.30. The summed E-state index contributed by atoms with van der Waals surface area (Å²) in [7, 11) is 1.65. The van der Waals surface area contributed by atoms with Gasteiger partial charge >= 0.3 is 0 Å². The molecule has 0 aliphatic carbocycles. The molecular formula is C29H35FN2O2. The summed E-state index contributed by atoms with van der Waals surface area (Å²) >= 11 is 0. The molecule has 0 spiro atoms. The van der Waals surface area contributed by atoms with Crippen LogP contribution in [0.25, 0.3) is 22.4 Å². The van der Waals surface area contributed by atoms with Crippen LogP contribution < -0.4 is 5.32 Å². The van der Waals surface area contributed by atoms with Crippen LogP contribution in [0, 0.1) is 5.82 Å². The van der Waals surface area contributed by atoms with Crippen LogP contribution in [0.3, 0.4) is 0 Å². The second-order valence-corrected chi connectivity index (χ2v) is 8.91. The van der Waals surface area contributed by atoms with E-state index in [1.807, 2.05) is 18.2 Å². The van der Waals surface area contributed by atoms with Gasteiger partial charge in [-0.25, -0.2) is 4.39 Å². The number of hydrogen-bond acceptors (Lipinski definition) is 2. The van der Waals surface area contributed by atoms with Crippen LogP contribution in [0.4, 0.5) is 4.39 Å². The smallest absolute Gasteiger partial charge is 0.220 e. The van der Waals surface area contributed by atoms with Crippen LogP contribution in [-0.2, 0) is 17.8 Å². The molecule has 0 bridgehead atoms. The summed E-state index contributed by atoms with van der Waals surface area (Å²) in [6.45, 7) is 8.65. The number of aliphatic hydroxyl groups excluding tert-OH is 1. The maximum atomic E-state index is 13.8. The first-order valence-electron chi connectivity index (χ1n) is 11.9. The van der Waals surface area contributed by atoms with Crippen LogP contribution in [0.15, 0.2) is 67.3 Å². The molecule has 0 unspecified atom stereocenters. The zero-order valence-electron chi connectivity index (χ0n) is 20.4. The van der Waals surface area contributed by atoms with Gasteiger partial charge in [-0.15, -0.1) is 6.58 Å². The highest BCUT2D eigenvalue weighted by Gasteiger charge is 2.26. The standard InChI is InChI=1S/C29H35FN2O2/c1-5-9-24(33)18-19-32-28(20(2)3)25(16-17-26(34)31-4)27(21-10-7-6-8-11-21)29(32)22-12-14-23(30)15-13-22/h5-8,10-15,20,24,33H,1,9,16-19H2,2-4H3,(H,31,34)/t24-/m0/s1. The molecule has 1 atom stereocenters. The fourth-order valence-electron chi connectivity index (χ4n) is 4.61. The lowest BCUT2D eigenvalue weighted by Gasteiger charge is -2.19. The Morgan fingerprint density at radius 2 is 1.79 bits per heavy atom. The second kappa shape index (κ2) is 11.8. The largest absolute Gasteiger partial charge is 0.393 e. The molecule has 0 saturated heterocycles. The van der Waals surface area contributed by atoms with Crippen molar-refractivity contribution in [2.75, 3.05) is 7.05 Å². The van der Waals surface area contributed by atoms with E-state index in [0.29, 0.717) is 32.2 Å². The summed E-state index contributed by atoms with van der Waals surface area (Å²) in [5, 5.41) is 13.2. The Hall–Kier alpha value is -3.18. The second-order valence-electron chi connectivity index (χ2n) is 8.91. The Kier molecular flexibility index (Phi) is 8.83. The highest BCUT2D eigenvalue weighted by atomic mass is 19.1. The highest BCUT2D eigenvalue weighted by Crippen LogP contribution is 2.42. The van der Waals surface area contributed by atoms with Gasteiger partial charge in [0.25, 0.3) is 0 Å². The van der Waals surface area contributed by atoms with Crippen molar-refractivity contribution < 1.29 is 14.3 Å². The number of rotatable bonds is 11. The SMILES string of the molecule is C=CC[C@H](O)CCn1c(-c2ccc(F)cc2)c(-c2ccccc2)c(CCC(=O)NC)c1C(C)C. The summed E-state index contributed by atoms with van der Waals surface area (Å²) in [4.78, 5) is 12.2. The Morgan fingerprint density at radius 3 is 2.38 bits per heavy atom. The number of aromatic nitrogens is 1. The Labute approximate surface area is 202 Å². The lowest BCUT2D eigenvalue weighted by Crippen LogP contribution is -2.18. The van der Waals surface area contributed by atoms with Crippen LogP contribution in [0.5, 0.6) is 0 Å². The first-order chi connectivity index (χ1) is 16.4. The monoisotopic (exact) mass is 462 g/mol. The number of carbonyl (C=O) groups excluding carboxylic acids is 1. The van der Waals surface area contributed by atoms with Gasteiger partial charge in [-0.3, -0.25) is 4.79 Å². The fraction of sp³-hybridized carbons (Fsp3) is 0.345. The number of aliphatic hydroxyl groups is 1. The molecule has 1 aromatic heterocycles. The molecule has 0 aliphatic heterocycles. The molecule has 2 aromatic carbocycles. The minimum atomic E-state index is -0.490. The summed E-state index contributed by atoms with van der Waals surface area (Å²) in [6, 6.07) is 16.7. The Morgan fingerprint density at radius 1 is 1.12 bits per heavy atom. The molecule has 2 N–H and O–H groups in total. The van der Waals surface area contributed by atoms with E-state index in [0.717, 1.165) is 33.6 Å². The van der Waals surface area contributed by atoms with E-state index in [9.17, 15) is 14.3 Å². The molecule has 0 aliphatic rings. The molecule has 3 rings (SSSR count). The lowest BCUT2D eigenvalue weighted by atomic mass is 9.92. The van der Waals surface area contributed by atoms with Gasteiger partial charge in [-0.1, -0.05) is 50.3 Å². The molecule has 4 nitrogen and oxygen atoms in total. The van der Waals surface area contributed by atoms with Gasteiger partial charge in [0, 0.05) is 31.3 Å². The minimum absolute atomic E-state index is 0.00814. The molecule has 0 saturated carbocycles. The number of nitrogens with one attached hydrogen (secondary N) is 1. The highest BCUT2D eigenvalue weighted by molar-refractivity contribution is 5.86. The van der Waals surface area contributed by atoms with Crippen molar-refractivity contribution in [3.8, 4) is 22.4 Å². The minimum Gasteiger partial charge on any atom is -0.393 e. The third kappa shape index (κ3) is 5.84. The van der Waals surface area contributed by atoms with Crippen LogP contribution in [0.2, 0.25) is 0 Å². The molecule has 1 amide bonds. The summed E-state index contributed by atoms with van der Waals surface area (Å²) in [6.07, 6.45) is 3.30. The molecule has 5 heteroatoms. The average molecular weight is 463 g/mol. The molecule has 34 heavy (non-hydrogen) atoms.